The summed E-state index contributed by atoms with van der Waals surface area (Å²) >= 11 is 0. The second-order valence-corrected chi connectivity index (χ2v) is 6.06. The molecular formula is C12H27ClN2O. The maximum absolute atomic E-state index is 11.8. The molecule has 3 nitrogen and oxygen atoms in total. The molecule has 16 heavy (non-hydrogen) atoms. The van der Waals surface area contributed by atoms with E-state index in [1.165, 1.54) is 0 Å². The van der Waals surface area contributed by atoms with Gasteiger partial charge in [0.15, 0.2) is 0 Å². The summed E-state index contributed by atoms with van der Waals surface area (Å²) in [7, 11) is 0. The van der Waals surface area contributed by atoms with Crippen molar-refractivity contribution in [3.8, 4) is 0 Å². The lowest BCUT2D eigenvalue weighted by molar-refractivity contribution is -0.125. The Bertz CT molecular complexity index is 224. The Morgan fingerprint density at radius 3 is 1.94 bits per heavy atom. The van der Waals surface area contributed by atoms with Crippen molar-refractivity contribution in [3.05, 3.63) is 0 Å². The fraction of sp³-hybridized carbons (Fsp3) is 0.917. The normalized spacial score (nSPS) is 15.2. The van der Waals surface area contributed by atoms with Crippen LogP contribution in [0.1, 0.15) is 48.0 Å². The van der Waals surface area contributed by atoms with Crippen molar-refractivity contribution in [2.24, 2.45) is 17.1 Å². The molecular weight excluding hydrogens is 224 g/mol. The second-order valence-electron chi connectivity index (χ2n) is 6.06. The smallest absolute Gasteiger partial charge is 0.220 e. The van der Waals surface area contributed by atoms with Crippen molar-refractivity contribution < 1.29 is 4.79 Å². The molecule has 1 amide bonds. The highest BCUT2D eigenvalue weighted by Crippen LogP contribution is 2.20. The molecule has 0 aromatic carbocycles. The van der Waals surface area contributed by atoms with Crippen LogP contribution in [-0.4, -0.2) is 18.0 Å². The van der Waals surface area contributed by atoms with E-state index in [0.29, 0.717) is 18.9 Å². The third-order valence-corrected chi connectivity index (χ3v) is 2.81. The zero-order chi connectivity index (χ0) is 12.3. The molecule has 0 aromatic rings. The predicted octanol–water partition coefficient (Wildman–Crippen LogP) is 2.33. The average molecular weight is 251 g/mol. The molecule has 0 bridgehead atoms. The molecule has 1 unspecified atom stereocenters. The van der Waals surface area contributed by atoms with Crippen LogP contribution in [0, 0.1) is 11.3 Å². The van der Waals surface area contributed by atoms with Gasteiger partial charge in [-0.25, -0.2) is 0 Å². The number of rotatable bonds is 4. The number of hydrogen-bond donors (Lipinski definition) is 2. The summed E-state index contributed by atoms with van der Waals surface area (Å²) < 4.78 is 0. The van der Waals surface area contributed by atoms with Crippen molar-refractivity contribution in [1.82, 2.24) is 5.32 Å². The Kier molecular flexibility index (Phi) is 7.30. The van der Waals surface area contributed by atoms with Crippen LogP contribution in [0.2, 0.25) is 0 Å². The van der Waals surface area contributed by atoms with Gasteiger partial charge in [-0.1, -0.05) is 34.6 Å². The number of nitrogens with two attached hydrogens (primary N) is 1. The number of carbonyl (C=O) groups is 1. The third kappa shape index (κ3) is 6.33. The maximum Gasteiger partial charge on any atom is 0.220 e. The van der Waals surface area contributed by atoms with E-state index in [4.69, 9.17) is 5.73 Å². The topological polar surface area (TPSA) is 55.1 Å². The van der Waals surface area contributed by atoms with Gasteiger partial charge >= 0.3 is 0 Å². The third-order valence-electron chi connectivity index (χ3n) is 2.81. The van der Waals surface area contributed by atoms with Gasteiger partial charge in [0.05, 0.1) is 5.54 Å². The highest BCUT2D eigenvalue weighted by atomic mass is 35.5. The molecule has 0 saturated heterocycles. The molecule has 0 aliphatic heterocycles. The molecule has 3 N–H and O–H groups in total. The van der Waals surface area contributed by atoms with E-state index in [0.717, 1.165) is 0 Å². The van der Waals surface area contributed by atoms with Gasteiger partial charge in [0.25, 0.3) is 0 Å². The summed E-state index contributed by atoms with van der Waals surface area (Å²) in [4.78, 5) is 11.8. The lowest BCUT2D eigenvalue weighted by Crippen LogP contribution is -2.55. The van der Waals surface area contributed by atoms with Crippen molar-refractivity contribution >= 4 is 18.3 Å². The Labute approximate surface area is 106 Å². The number of amides is 1. The summed E-state index contributed by atoms with van der Waals surface area (Å²) in [5.74, 6) is 0.426. The van der Waals surface area contributed by atoms with Crippen LogP contribution in [0.15, 0.2) is 0 Å². The molecule has 0 spiro atoms. The van der Waals surface area contributed by atoms with Gasteiger partial charge in [-0.2, -0.15) is 0 Å². The van der Waals surface area contributed by atoms with Crippen molar-refractivity contribution in [2.75, 3.05) is 6.54 Å². The van der Waals surface area contributed by atoms with E-state index in [2.05, 4.69) is 39.9 Å². The quantitative estimate of drug-likeness (QED) is 0.805. The largest absolute Gasteiger partial charge is 0.349 e. The van der Waals surface area contributed by atoms with Gasteiger partial charge in [0.2, 0.25) is 5.91 Å². The monoisotopic (exact) mass is 250 g/mol. The Morgan fingerprint density at radius 1 is 1.25 bits per heavy atom. The molecule has 98 valence electrons. The van der Waals surface area contributed by atoms with Crippen LogP contribution in [0.4, 0.5) is 0 Å². The first-order valence-electron chi connectivity index (χ1n) is 5.62. The van der Waals surface area contributed by atoms with Crippen LogP contribution < -0.4 is 11.1 Å². The molecule has 0 rings (SSSR count). The van der Waals surface area contributed by atoms with Crippen LogP contribution >= 0.6 is 12.4 Å². The molecule has 0 aliphatic carbocycles. The summed E-state index contributed by atoms with van der Waals surface area (Å²) in [5, 5.41) is 3.04. The minimum Gasteiger partial charge on any atom is -0.349 e. The molecule has 1 atom stereocenters. The van der Waals surface area contributed by atoms with Crippen LogP contribution in [-0.2, 0) is 4.79 Å². The van der Waals surface area contributed by atoms with Gasteiger partial charge in [-0.3, -0.25) is 4.79 Å². The fourth-order valence-corrected chi connectivity index (χ4v) is 1.28. The number of nitrogens with one attached hydrogen (secondary N) is 1. The molecule has 0 radical (unpaired) electrons. The van der Waals surface area contributed by atoms with Gasteiger partial charge in [0, 0.05) is 13.0 Å². The Hall–Kier alpha value is -0.280. The van der Waals surface area contributed by atoms with Crippen LogP contribution in [0.25, 0.3) is 0 Å². The molecule has 0 aliphatic rings. The summed E-state index contributed by atoms with van der Waals surface area (Å²) in [6.45, 7) is 12.8. The Balaban J connectivity index is 0. The lowest BCUT2D eigenvalue weighted by Gasteiger charge is -2.34. The first-order valence-corrected chi connectivity index (χ1v) is 5.62. The molecule has 0 fully saturated rings. The lowest BCUT2D eigenvalue weighted by atomic mass is 9.86. The summed E-state index contributed by atoms with van der Waals surface area (Å²) in [6.07, 6.45) is 0.537. The first kappa shape index (κ1) is 18.1. The van der Waals surface area contributed by atoms with Gasteiger partial charge < -0.3 is 11.1 Å². The number of halogens is 1. The predicted molar refractivity (Wildman–Crippen MR) is 71.8 cm³/mol. The second kappa shape index (κ2) is 6.45. The molecule has 0 heterocycles. The van der Waals surface area contributed by atoms with E-state index in [1.807, 2.05) is 6.92 Å². The van der Waals surface area contributed by atoms with E-state index in [9.17, 15) is 4.79 Å². The standard InChI is InChI=1S/C12H26N2O.ClH/c1-9(2)12(6,8-13)14-10(15)7-11(3,4)5;/h9H,7-8,13H2,1-6H3,(H,14,15);1H. The van der Waals surface area contributed by atoms with Gasteiger partial charge in [-0.05, 0) is 18.3 Å². The van der Waals surface area contributed by atoms with E-state index < -0.39 is 0 Å². The van der Waals surface area contributed by atoms with Crippen LogP contribution in [0.3, 0.4) is 0 Å². The van der Waals surface area contributed by atoms with Crippen molar-refractivity contribution in [3.63, 3.8) is 0 Å². The average Bonchev–Trinajstić information content (AvgIpc) is 1.99. The molecule has 4 heteroatoms. The van der Waals surface area contributed by atoms with E-state index in [1.54, 1.807) is 0 Å². The first-order chi connectivity index (χ1) is 6.60. The van der Waals surface area contributed by atoms with E-state index in [-0.39, 0.29) is 29.3 Å². The van der Waals surface area contributed by atoms with Crippen molar-refractivity contribution in [1.29, 1.82) is 0 Å². The van der Waals surface area contributed by atoms with Crippen molar-refractivity contribution in [2.45, 2.75) is 53.5 Å². The number of carbonyl (C=O) groups excluding carboxylic acids is 1. The van der Waals surface area contributed by atoms with Gasteiger partial charge in [0.1, 0.15) is 0 Å². The summed E-state index contributed by atoms with van der Waals surface area (Å²) in [5.41, 5.74) is 5.44. The highest BCUT2D eigenvalue weighted by Gasteiger charge is 2.29. The Morgan fingerprint density at radius 2 is 1.69 bits per heavy atom. The minimum atomic E-state index is -0.289. The number of hydrogen-bond acceptors (Lipinski definition) is 2. The molecule has 0 aromatic heterocycles. The maximum atomic E-state index is 11.8. The highest BCUT2D eigenvalue weighted by molar-refractivity contribution is 5.85. The van der Waals surface area contributed by atoms with Gasteiger partial charge in [-0.15, -0.1) is 12.4 Å². The minimum absolute atomic E-state index is 0. The SMILES string of the molecule is CC(C)C(C)(CN)NC(=O)CC(C)(C)C.Cl. The summed E-state index contributed by atoms with van der Waals surface area (Å²) in [6, 6.07) is 0. The van der Waals surface area contributed by atoms with Crippen LogP contribution in [0.5, 0.6) is 0 Å². The zero-order valence-electron chi connectivity index (χ0n) is 11.4. The molecule has 0 saturated carbocycles. The fourth-order valence-electron chi connectivity index (χ4n) is 1.28. The van der Waals surface area contributed by atoms with E-state index >= 15 is 0 Å². The zero-order valence-corrected chi connectivity index (χ0v) is 12.2.